The lowest BCUT2D eigenvalue weighted by Gasteiger charge is -2.09. The van der Waals surface area contributed by atoms with E-state index in [1.54, 1.807) is 13.3 Å². The van der Waals surface area contributed by atoms with Crippen LogP contribution in [0.5, 0.6) is 0 Å². The summed E-state index contributed by atoms with van der Waals surface area (Å²) in [5, 5.41) is 12.7. The summed E-state index contributed by atoms with van der Waals surface area (Å²) in [5.41, 5.74) is 2.71. The second-order valence-electron chi connectivity index (χ2n) is 4.42. The molecule has 1 aromatic carbocycles. The number of aromatic nitrogens is 2. The van der Waals surface area contributed by atoms with Crippen LogP contribution in [0.3, 0.4) is 0 Å². The molecule has 0 aliphatic rings. The number of rotatable bonds is 7. The van der Waals surface area contributed by atoms with E-state index in [9.17, 15) is 5.11 Å². The van der Waals surface area contributed by atoms with Crippen LogP contribution in [0.4, 0.5) is 0 Å². The molecule has 0 bridgehead atoms. The van der Waals surface area contributed by atoms with Crippen molar-refractivity contribution in [2.24, 2.45) is 0 Å². The van der Waals surface area contributed by atoms with Crippen LogP contribution in [0.1, 0.15) is 12.1 Å². The Kier molecular flexibility index (Phi) is 5.20. The molecule has 1 atom stereocenters. The van der Waals surface area contributed by atoms with Crippen molar-refractivity contribution in [2.45, 2.75) is 19.1 Å². The zero-order valence-electron chi connectivity index (χ0n) is 11.0. The van der Waals surface area contributed by atoms with Gasteiger partial charge in [0.1, 0.15) is 0 Å². The molecule has 0 fully saturated rings. The first-order valence-electron chi connectivity index (χ1n) is 6.38. The quantitative estimate of drug-likeness (QED) is 0.731. The highest BCUT2D eigenvalue weighted by Gasteiger charge is 2.03. The number of benzene rings is 1. The van der Waals surface area contributed by atoms with Gasteiger partial charge in [-0.3, -0.25) is 4.98 Å². The Bertz CT molecular complexity index is 519. The van der Waals surface area contributed by atoms with Gasteiger partial charge < -0.3 is 15.2 Å². The van der Waals surface area contributed by atoms with E-state index >= 15 is 0 Å². The van der Waals surface area contributed by atoms with Crippen molar-refractivity contribution in [3.05, 3.63) is 36.2 Å². The van der Waals surface area contributed by atoms with Crippen molar-refractivity contribution in [2.75, 3.05) is 20.3 Å². The van der Waals surface area contributed by atoms with Crippen LogP contribution in [-0.2, 0) is 11.3 Å². The summed E-state index contributed by atoms with van der Waals surface area (Å²) in [7, 11) is 1.58. The van der Waals surface area contributed by atoms with Gasteiger partial charge in [-0.15, -0.1) is 0 Å². The van der Waals surface area contributed by atoms with Gasteiger partial charge in [0.25, 0.3) is 0 Å². The molecular formula is C14H19N3O2. The highest BCUT2D eigenvalue weighted by atomic mass is 16.5. The van der Waals surface area contributed by atoms with E-state index < -0.39 is 6.10 Å². The maximum Gasteiger partial charge on any atom is 0.0890 e. The molecule has 0 aliphatic heterocycles. The highest BCUT2D eigenvalue weighted by molar-refractivity contribution is 5.73. The number of nitrogens with zero attached hydrogens (tertiary/aromatic N) is 2. The molecule has 0 amide bonds. The molecule has 2 rings (SSSR count). The van der Waals surface area contributed by atoms with Gasteiger partial charge in [0.05, 0.1) is 35.6 Å². The van der Waals surface area contributed by atoms with E-state index in [1.807, 2.05) is 24.3 Å². The monoisotopic (exact) mass is 261 g/mol. The topological polar surface area (TPSA) is 67.3 Å². The normalized spacial score (nSPS) is 12.7. The molecular weight excluding hydrogens is 242 g/mol. The Balaban J connectivity index is 1.81. The van der Waals surface area contributed by atoms with Gasteiger partial charge in [0.15, 0.2) is 0 Å². The van der Waals surface area contributed by atoms with Gasteiger partial charge in [0, 0.05) is 13.7 Å². The van der Waals surface area contributed by atoms with E-state index in [-0.39, 0.29) is 0 Å². The third-order valence-corrected chi connectivity index (χ3v) is 2.82. The van der Waals surface area contributed by atoms with Crippen LogP contribution in [0.2, 0.25) is 0 Å². The van der Waals surface area contributed by atoms with Gasteiger partial charge in [-0.1, -0.05) is 12.1 Å². The molecule has 1 aromatic heterocycles. The lowest BCUT2D eigenvalue weighted by molar-refractivity contribution is 0.0594. The molecule has 5 nitrogen and oxygen atoms in total. The molecule has 0 spiro atoms. The standard InChI is InChI=1S/C14H19N3O2/c1-19-10-12(18)6-7-15-8-11-9-16-13-4-2-3-5-14(13)17-11/h2-5,9,12,15,18H,6-8,10H2,1H3. The minimum atomic E-state index is -0.416. The second-order valence-corrected chi connectivity index (χ2v) is 4.42. The Labute approximate surface area is 112 Å². The van der Waals surface area contributed by atoms with Crippen molar-refractivity contribution in [1.82, 2.24) is 15.3 Å². The molecule has 102 valence electrons. The molecule has 0 saturated carbocycles. The zero-order chi connectivity index (χ0) is 13.5. The maximum atomic E-state index is 9.49. The molecule has 1 heterocycles. The number of aliphatic hydroxyl groups excluding tert-OH is 1. The van der Waals surface area contributed by atoms with E-state index in [4.69, 9.17) is 4.74 Å². The number of nitrogens with one attached hydrogen (secondary N) is 1. The summed E-state index contributed by atoms with van der Waals surface area (Å²) < 4.78 is 4.87. The fraction of sp³-hybridized carbons (Fsp3) is 0.429. The van der Waals surface area contributed by atoms with Crippen molar-refractivity contribution in [1.29, 1.82) is 0 Å². The predicted molar refractivity (Wildman–Crippen MR) is 73.7 cm³/mol. The number of ether oxygens (including phenoxy) is 1. The minimum Gasteiger partial charge on any atom is -0.391 e. The lowest BCUT2D eigenvalue weighted by atomic mass is 10.2. The van der Waals surface area contributed by atoms with E-state index in [1.165, 1.54) is 0 Å². The van der Waals surface area contributed by atoms with E-state index in [0.29, 0.717) is 19.6 Å². The number of methoxy groups -OCH3 is 1. The number of aliphatic hydroxyl groups is 1. The van der Waals surface area contributed by atoms with Gasteiger partial charge in [-0.2, -0.15) is 0 Å². The highest BCUT2D eigenvalue weighted by Crippen LogP contribution is 2.08. The average molecular weight is 261 g/mol. The van der Waals surface area contributed by atoms with Crippen LogP contribution in [0, 0.1) is 0 Å². The third kappa shape index (κ3) is 4.24. The molecule has 2 aromatic rings. The molecule has 0 aliphatic carbocycles. The zero-order valence-corrected chi connectivity index (χ0v) is 11.0. The van der Waals surface area contributed by atoms with E-state index in [2.05, 4.69) is 15.3 Å². The van der Waals surface area contributed by atoms with Crippen LogP contribution in [0.15, 0.2) is 30.5 Å². The van der Waals surface area contributed by atoms with Crippen LogP contribution < -0.4 is 5.32 Å². The molecule has 19 heavy (non-hydrogen) atoms. The molecule has 1 unspecified atom stereocenters. The fourth-order valence-corrected chi connectivity index (χ4v) is 1.84. The summed E-state index contributed by atoms with van der Waals surface area (Å²) in [6.45, 7) is 1.74. The summed E-state index contributed by atoms with van der Waals surface area (Å²) in [5.74, 6) is 0. The minimum absolute atomic E-state index is 0.372. The summed E-state index contributed by atoms with van der Waals surface area (Å²) >= 11 is 0. The molecule has 2 N–H and O–H groups in total. The maximum absolute atomic E-state index is 9.49. The van der Waals surface area contributed by atoms with Crippen LogP contribution in [0.25, 0.3) is 11.0 Å². The SMILES string of the molecule is COCC(O)CCNCc1cnc2ccccc2n1. The van der Waals surface area contributed by atoms with Crippen molar-refractivity contribution >= 4 is 11.0 Å². The number of hydrogen-bond acceptors (Lipinski definition) is 5. The van der Waals surface area contributed by atoms with Crippen molar-refractivity contribution < 1.29 is 9.84 Å². The van der Waals surface area contributed by atoms with Crippen LogP contribution in [-0.4, -0.2) is 41.4 Å². The van der Waals surface area contributed by atoms with Gasteiger partial charge in [-0.05, 0) is 25.1 Å². The first-order chi connectivity index (χ1) is 9.29. The van der Waals surface area contributed by atoms with Gasteiger partial charge in [-0.25, -0.2) is 4.98 Å². The molecule has 0 radical (unpaired) electrons. The Morgan fingerprint density at radius 2 is 2.11 bits per heavy atom. The Morgan fingerprint density at radius 1 is 1.32 bits per heavy atom. The Morgan fingerprint density at radius 3 is 2.89 bits per heavy atom. The molecule has 5 heteroatoms. The van der Waals surface area contributed by atoms with Crippen molar-refractivity contribution in [3.8, 4) is 0 Å². The largest absolute Gasteiger partial charge is 0.391 e. The number of fused-ring (bicyclic) bond motifs is 1. The number of hydrogen-bond donors (Lipinski definition) is 2. The first kappa shape index (κ1) is 13.9. The average Bonchev–Trinajstić information content (AvgIpc) is 2.44. The van der Waals surface area contributed by atoms with Gasteiger partial charge in [0.2, 0.25) is 0 Å². The van der Waals surface area contributed by atoms with Crippen LogP contribution >= 0.6 is 0 Å². The van der Waals surface area contributed by atoms with Crippen molar-refractivity contribution in [3.63, 3.8) is 0 Å². The smallest absolute Gasteiger partial charge is 0.0890 e. The first-order valence-corrected chi connectivity index (χ1v) is 6.38. The predicted octanol–water partition coefficient (Wildman–Crippen LogP) is 1.12. The van der Waals surface area contributed by atoms with Gasteiger partial charge >= 0.3 is 0 Å². The molecule has 0 saturated heterocycles. The summed E-state index contributed by atoms with van der Waals surface area (Å²) in [4.78, 5) is 8.87. The lowest BCUT2D eigenvalue weighted by Crippen LogP contribution is -2.23. The Hall–Kier alpha value is -1.56. The summed E-state index contributed by atoms with van der Waals surface area (Å²) in [6, 6.07) is 7.80. The third-order valence-electron chi connectivity index (χ3n) is 2.82. The fourth-order valence-electron chi connectivity index (χ4n) is 1.84. The number of para-hydroxylation sites is 2. The summed E-state index contributed by atoms with van der Waals surface area (Å²) in [6.07, 6.45) is 2.02. The van der Waals surface area contributed by atoms with E-state index in [0.717, 1.165) is 23.3 Å². The second kappa shape index (κ2) is 7.13.